The Morgan fingerprint density at radius 2 is 1.89 bits per heavy atom. The number of nitrogens with two attached hydrogens (primary N) is 1. The number of hydrogen-bond donors (Lipinski definition) is 1. The van der Waals surface area contributed by atoms with E-state index in [1.54, 1.807) is 0 Å². The molecule has 0 saturated heterocycles. The molecule has 1 aromatic carbocycles. The zero-order valence-electron chi connectivity index (χ0n) is 10.4. The van der Waals surface area contributed by atoms with E-state index in [1.165, 1.54) is 0 Å². The van der Waals surface area contributed by atoms with Gasteiger partial charge in [-0.2, -0.15) is 0 Å². The average molecular weight is 251 g/mol. The second kappa shape index (κ2) is 4.43. The molecule has 18 heavy (non-hydrogen) atoms. The van der Waals surface area contributed by atoms with Crippen molar-refractivity contribution in [1.29, 1.82) is 0 Å². The quantitative estimate of drug-likeness (QED) is 0.877. The van der Waals surface area contributed by atoms with Crippen molar-refractivity contribution < 1.29 is 13.9 Å². The molecule has 0 aromatic heterocycles. The second-order valence-corrected chi connectivity index (χ2v) is 5.14. The predicted molar refractivity (Wildman–Crippen MR) is 66.6 cm³/mol. The minimum Gasteiger partial charge on any atom is -0.486 e. The van der Waals surface area contributed by atoms with Gasteiger partial charge in [-0.25, -0.2) is 4.39 Å². The maximum Gasteiger partial charge on any atom is 0.197 e. The van der Waals surface area contributed by atoms with Crippen molar-refractivity contribution in [2.75, 3.05) is 19.8 Å². The molecule has 2 aliphatic rings. The van der Waals surface area contributed by atoms with Gasteiger partial charge in [0.25, 0.3) is 0 Å². The van der Waals surface area contributed by atoms with Gasteiger partial charge in [-0.1, -0.05) is 18.9 Å². The van der Waals surface area contributed by atoms with Gasteiger partial charge in [-0.05, 0) is 24.5 Å². The Kier molecular flexibility index (Phi) is 2.90. The Hall–Kier alpha value is -1.29. The van der Waals surface area contributed by atoms with Gasteiger partial charge < -0.3 is 15.2 Å². The molecule has 1 aliphatic heterocycles. The fourth-order valence-corrected chi connectivity index (χ4v) is 3.13. The van der Waals surface area contributed by atoms with Crippen molar-refractivity contribution in [3.63, 3.8) is 0 Å². The summed E-state index contributed by atoms with van der Waals surface area (Å²) in [7, 11) is 0. The molecule has 4 heteroatoms. The Bertz CT molecular complexity index is 455. The lowest BCUT2D eigenvalue weighted by Gasteiger charge is -2.30. The first-order valence-corrected chi connectivity index (χ1v) is 6.55. The average Bonchev–Trinajstić information content (AvgIpc) is 2.89. The summed E-state index contributed by atoms with van der Waals surface area (Å²) in [6.45, 7) is 1.38. The molecule has 1 heterocycles. The summed E-state index contributed by atoms with van der Waals surface area (Å²) in [4.78, 5) is 0. The van der Waals surface area contributed by atoms with E-state index in [1.807, 2.05) is 12.1 Å². The van der Waals surface area contributed by atoms with Crippen LogP contribution >= 0.6 is 0 Å². The molecular formula is C14H18FNO2. The number of fused-ring (bicyclic) bond motifs is 1. The van der Waals surface area contributed by atoms with E-state index in [9.17, 15) is 4.39 Å². The van der Waals surface area contributed by atoms with E-state index in [4.69, 9.17) is 15.2 Å². The number of hydrogen-bond acceptors (Lipinski definition) is 3. The van der Waals surface area contributed by atoms with Crippen LogP contribution in [0.25, 0.3) is 0 Å². The summed E-state index contributed by atoms with van der Waals surface area (Å²) in [5.74, 6) is 0.491. The van der Waals surface area contributed by atoms with Crippen LogP contribution in [0.15, 0.2) is 12.1 Å². The maximum absolute atomic E-state index is 14.6. The third kappa shape index (κ3) is 1.67. The van der Waals surface area contributed by atoms with Crippen molar-refractivity contribution in [3.8, 4) is 11.5 Å². The van der Waals surface area contributed by atoms with E-state index >= 15 is 0 Å². The predicted octanol–water partition coefficient (Wildman–Crippen LogP) is 2.37. The van der Waals surface area contributed by atoms with Crippen molar-refractivity contribution in [3.05, 3.63) is 23.5 Å². The van der Waals surface area contributed by atoms with Crippen molar-refractivity contribution in [2.45, 2.75) is 31.1 Å². The first-order valence-electron chi connectivity index (χ1n) is 6.55. The number of halogens is 1. The minimum absolute atomic E-state index is 0.208. The Balaban J connectivity index is 2.07. The van der Waals surface area contributed by atoms with Crippen LogP contribution in [-0.2, 0) is 5.41 Å². The topological polar surface area (TPSA) is 44.5 Å². The van der Waals surface area contributed by atoms with Gasteiger partial charge in [-0.15, -0.1) is 0 Å². The van der Waals surface area contributed by atoms with Crippen molar-refractivity contribution >= 4 is 0 Å². The molecule has 3 rings (SSSR count). The lowest BCUT2D eigenvalue weighted by atomic mass is 9.78. The maximum atomic E-state index is 14.6. The summed E-state index contributed by atoms with van der Waals surface area (Å²) in [6.07, 6.45) is 4.15. The van der Waals surface area contributed by atoms with Crippen LogP contribution in [0.5, 0.6) is 11.5 Å². The molecule has 1 fully saturated rings. The summed E-state index contributed by atoms with van der Waals surface area (Å²) in [5.41, 5.74) is 6.40. The Morgan fingerprint density at radius 1 is 1.17 bits per heavy atom. The molecule has 0 bridgehead atoms. The fraction of sp³-hybridized carbons (Fsp3) is 0.571. The largest absolute Gasteiger partial charge is 0.486 e. The molecule has 2 N–H and O–H groups in total. The van der Waals surface area contributed by atoms with Crippen LogP contribution in [0.2, 0.25) is 0 Å². The normalized spacial score (nSPS) is 21.0. The zero-order valence-corrected chi connectivity index (χ0v) is 10.4. The van der Waals surface area contributed by atoms with E-state index in [2.05, 4.69) is 0 Å². The van der Waals surface area contributed by atoms with E-state index in [-0.39, 0.29) is 17.0 Å². The van der Waals surface area contributed by atoms with Crippen LogP contribution < -0.4 is 15.2 Å². The molecule has 0 atom stereocenters. The summed E-state index contributed by atoms with van der Waals surface area (Å²) < 4.78 is 25.4. The molecular weight excluding hydrogens is 233 g/mol. The Labute approximate surface area is 106 Å². The lowest BCUT2D eigenvalue weighted by molar-refractivity contribution is 0.163. The van der Waals surface area contributed by atoms with Gasteiger partial charge in [0.05, 0.1) is 0 Å². The summed E-state index contributed by atoms with van der Waals surface area (Å²) >= 11 is 0. The molecule has 0 amide bonds. The van der Waals surface area contributed by atoms with Crippen LogP contribution in [0.4, 0.5) is 4.39 Å². The summed E-state index contributed by atoms with van der Waals surface area (Å²) in [6, 6.07) is 3.63. The standard InChI is InChI=1S/C14H18FNO2/c15-12-10(14(9-16)5-1-2-6-14)3-4-11-13(12)18-8-7-17-11/h3-4H,1-2,5-9,16H2. The molecule has 0 unspecified atom stereocenters. The van der Waals surface area contributed by atoms with Crippen molar-refractivity contribution in [1.82, 2.24) is 0 Å². The molecule has 98 valence electrons. The van der Waals surface area contributed by atoms with E-state index in [0.29, 0.717) is 31.1 Å². The summed E-state index contributed by atoms with van der Waals surface area (Å²) in [5, 5.41) is 0. The second-order valence-electron chi connectivity index (χ2n) is 5.14. The van der Waals surface area contributed by atoms with Crippen molar-refractivity contribution in [2.24, 2.45) is 5.73 Å². The number of ether oxygens (including phenoxy) is 2. The van der Waals surface area contributed by atoms with Gasteiger partial charge in [0.15, 0.2) is 17.3 Å². The van der Waals surface area contributed by atoms with Gasteiger partial charge in [0.2, 0.25) is 0 Å². The number of benzene rings is 1. The van der Waals surface area contributed by atoms with Gasteiger partial charge in [-0.3, -0.25) is 0 Å². The van der Waals surface area contributed by atoms with Gasteiger partial charge in [0, 0.05) is 12.0 Å². The van der Waals surface area contributed by atoms with Gasteiger partial charge >= 0.3 is 0 Å². The SMILES string of the molecule is NCC1(c2ccc3c(c2F)OCCO3)CCCC1. The van der Waals surface area contributed by atoms with E-state index in [0.717, 1.165) is 25.7 Å². The highest BCUT2D eigenvalue weighted by Gasteiger charge is 2.38. The molecule has 1 aliphatic carbocycles. The highest BCUT2D eigenvalue weighted by atomic mass is 19.1. The third-order valence-corrected chi connectivity index (χ3v) is 4.17. The molecule has 1 aromatic rings. The van der Waals surface area contributed by atoms with E-state index < -0.39 is 0 Å². The highest BCUT2D eigenvalue weighted by molar-refractivity contribution is 5.48. The first-order chi connectivity index (χ1) is 8.77. The molecule has 0 radical (unpaired) electrons. The molecule has 3 nitrogen and oxygen atoms in total. The third-order valence-electron chi connectivity index (χ3n) is 4.17. The smallest absolute Gasteiger partial charge is 0.197 e. The van der Waals surface area contributed by atoms with Crippen LogP contribution in [0.3, 0.4) is 0 Å². The molecule has 1 saturated carbocycles. The molecule has 0 spiro atoms. The minimum atomic E-state index is -0.278. The Morgan fingerprint density at radius 3 is 2.61 bits per heavy atom. The van der Waals surface area contributed by atoms with Crippen LogP contribution in [0, 0.1) is 5.82 Å². The fourth-order valence-electron chi connectivity index (χ4n) is 3.13. The van der Waals surface area contributed by atoms with Crippen LogP contribution in [-0.4, -0.2) is 19.8 Å². The first kappa shape index (κ1) is 11.8. The monoisotopic (exact) mass is 251 g/mol. The van der Waals surface area contributed by atoms with Crippen LogP contribution in [0.1, 0.15) is 31.2 Å². The van der Waals surface area contributed by atoms with Gasteiger partial charge in [0.1, 0.15) is 13.2 Å². The lowest BCUT2D eigenvalue weighted by Crippen LogP contribution is -2.33. The zero-order chi connectivity index (χ0) is 12.6. The highest BCUT2D eigenvalue weighted by Crippen LogP contribution is 2.45. The number of rotatable bonds is 2.